The highest BCUT2D eigenvalue weighted by Crippen LogP contribution is 2.45. The number of hydrazine groups is 1. The number of hydrogen-bond donors (Lipinski definition) is 2. The Bertz CT molecular complexity index is 915. The summed E-state index contributed by atoms with van der Waals surface area (Å²) >= 11 is 16.6. The monoisotopic (exact) mass is 482 g/mol. The number of pyridine rings is 1. The second kappa shape index (κ2) is 8.19. The zero-order valence-electron chi connectivity index (χ0n) is 15.2. The summed E-state index contributed by atoms with van der Waals surface area (Å²) in [4.78, 5) is 16.0. The Morgan fingerprint density at radius 1 is 1.18 bits per heavy atom. The number of halogens is 3. The molecular formula is C20H21BrCl2N4O. The van der Waals surface area contributed by atoms with E-state index in [2.05, 4.69) is 27.4 Å². The Hall–Kier alpha value is -1.34. The van der Waals surface area contributed by atoms with Crippen LogP contribution in [0.25, 0.3) is 0 Å². The summed E-state index contributed by atoms with van der Waals surface area (Å²) in [5.74, 6) is 0.481. The van der Waals surface area contributed by atoms with Gasteiger partial charge in [-0.1, -0.05) is 23.2 Å². The second-order valence-corrected chi connectivity index (χ2v) is 9.20. The smallest absolute Gasteiger partial charge is 0.326 e. The van der Waals surface area contributed by atoms with Crippen LogP contribution in [0.5, 0.6) is 0 Å². The largest absolute Gasteiger partial charge is 0.351 e. The molecule has 0 spiro atoms. The number of benzene rings is 1. The van der Waals surface area contributed by atoms with Gasteiger partial charge in [-0.2, -0.15) is 0 Å². The lowest BCUT2D eigenvalue weighted by Gasteiger charge is -2.36. The molecule has 0 bridgehead atoms. The summed E-state index contributed by atoms with van der Waals surface area (Å²) < 4.78 is 0.987. The zero-order chi connectivity index (χ0) is 19.8. The van der Waals surface area contributed by atoms with E-state index in [0.717, 1.165) is 54.5 Å². The molecule has 1 aromatic carbocycles. The predicted octanol–water partition coefficient (Wildman–Crippen LogP) is 4.68. The Kier molecular flexibility index (Phi) is 5.83. The van der Waals surface area contributed by atoms with Gasteiger partial charge in [0.1, 0.15) is 0 Å². The average molecular weight is 484 g/mol. The number of nitrogens with two attached hydrogens (primary N) is 1. The van der Waals surface area contributed by atoms with Gasteiger partial charge in [-0.3, -0.25) is 10.4 Å². The minimum atomic E-state index is -0.521. The fourth-order valence-electron chi connectivity index (χ4n) is 4.53. The molecule has 2 amide bonds. The summed E-state index contributed by atoms with van der Waals surface area (Å²) in [6.45, 7) is 1.49. The van der Waals surface area contributed by atoms with Crippen LogP contribution in [0.1, 0.15) is 41.1 Å². The maximum Gasteiger partial charge on any atom is 0.326 e. The van der Waals surface area contributed by atoms with Crippen molar-refractivity contribution in [2.24, 2.45) is 11.7 Å². The molecule has 3 N–H and O–H groups in total. The number of aryl methyl sites for hydroxylation is 2. The van der Waals surface area contributed by atoms with E-state index in [4.69, 9.17) is 33.9 Å². The van der Waals surface area contributed by atoms with Crippen LogP contribution >= 0.6 is 39.1 Å². The van der Waals surface area contributed by atoms with Gasteiger partial charge in [-0.15, -0.1) is 0 Å². The van der Waals surface area contributed by atoms with E-state index < -0.39 is 6.03 Å². The molecule has 2 heterocycles. The van der Waals surface area contributed by atoms with Crippen LogP contribution in [0.4, 0.5) is 4.79 Å². The van der Waals surface area contributed by atoms with Crippen LogP contribution in [-0.2, 0) is 12.8 Å². The first-order valence-corrected chi connectivity index (χ1v) is 10.9. The van der Waals surface area contributed by atoms with E-state index in [-0.39, 0.29) is 5.92 Å². The Balaban J connectivity index is 1.74. The van der Waals surface area contributed by atoms with E-state index in [9.17, 15) is 4.79 Å². The van der Waals surface area contributed by atoms with Crippen LogP contribution < -0.4 is 11.2 Å². The first-order valence-electron chi connectivity index (χ1n) is 9.35. The number of carbonyl (C=O) groups is 1. The van der Waals surface area contributed by atoms with Gasteiger partial charge in [0.15, 0.2) is 0 Å². The van der Waals surface area contributed by atoms with Gasteiger partial charge < -0.3 is 5.73 Å². The van der Waals surface area contributed by atoms with Crippen molar-refractivity contribution in [3.05, 3.63) is 61.3 Å². The number of amides is 2. The average Bonchev–Trinajstić information content (AvgIpc) is 2.79. The fourth-order valence-corrected chi connectivity index (χ4v) is 5.56. The molecule has 1 aliphatic carbocycles. The van der Waals surface area contributed by atoms with Crippen LogP contribution in [0.2, 0.25) is 10.0 Å². The van der Waals surface area contributed by atoms with E-state index >= 15 is 0 Å². The molecule has 1 atom stereocenters. The second-order valence-electron chi connectivity index (χ2n) is 7.44. The van der Waals surface area contributed by atoms with Crippen LogP contribution in [0.3, 0.4) is 0 Å². The maximum atomic E-state index is 11.2. The number of fused-ring (bicyclic) bond motifs is 2. The Morgan fingerprint density at radius 3 is 2.61 bits per heavy atom. The van der Waals surface area contributed by atoms with Gasteiger partial charge in [0.05, 0.1) is 5.69 Å². The maximum absolute atomic E-state index is 11.2. The lowest BCUT2D eigenvalue weighted by Crippen LogP contribution is -2.49. The quantitative estimate of drug-likeness (QED) is 0.651. The van der Waals surface area contributed by atoms with Gasteiger partial charge >= 0.3 is 6.03 Å². The number of urea groups is 1. The number of nitrogens with one attached hydrogen (secondary N) is 1. The van der Waals surface area contributed by atoms with Gasteiger partial charge in [0.25, 0.3) is 0 Å². The lowest BCUT2D eigenvalue weighted by molar-refractivity contribution is 0.128. The first-order chi connectivity index (χ1) is 13.4. The molecule has 1 aliphatic heterocycles. The number of aromatic nitrogens is 1. The molecule has 1 fully saturated rings. The highest BCUT2D eigenvalue weighted by molar-refractivity contribution is 9.10. The SMILES string of the molecule is NC(=O)NN1CCC(C2c3ncc(Br)cc3CCc3cc(Cl)cc(Cl)c32)CC1. The summed E-state index contributed by atoms with van der Waals surface area (Å²) in [5, 5.41) is 3.27. The van der Waals surface area contributed by atoms with Crippen molar-refractivity contribution in [1.82, 2.24) is 15.4 Å². The van der Waals surface area contributed by atoms with Crippen molar-refractivity contribution in [3.8, 4) is 0 Å². The van der Waals surface area contributed by atoms with Crippen molar-refractivity contribution >= 4 is 45.2 Å². The molecule has 148 valence electrons. The minimum Gasteiger partial charge on any atom is -0.351 e. The van der Waals surface area contributed by atoms with E-state index in [0.29, 0.717) is 16.0 Å². The van der Waals surface area contributed by atoms with Gasteiger partial charge in [0, 0.05) is 39.7 Å². The van der Waals surface area contributed by atoms with E-state index in [1.165, 1.54) is 11.1 Å². The fraction of sp³-hybridized carbons (Fsp3) is 0.400. The van der Waals surface area contributed by atoms with E-state index in [1.807, 2.05) is 23.3 Å². The van der Waals surface area contributed by atoms with E-state index in [1.54, 1.807) is 0 Å². The van der Waals surface area contributed by atoms with Gasteiger partial charge in [-0.05, 0) is 82.4 Å². The number of carbonyl (C=O) groups excluding carboxylic acids is 1. The lowest BCUT2D eigenvalue weighted by atomic mass is 9.76. The normalized spacial score (nSPS) is 20.2. The van der Waals surface area contributed by atoms with Crippen LogP contribution in [0.15, 0.2) is 28.9 Å². The van der Waals surface area contributed by atoms with Gasteiger partial charge in [0.2, 0.25) is 0 Å². The summed E-state index contributed by atoms with van der Waals surface area (Å²) in [6.07, 6.45) is 5.49. The number of nitrogens with zero attached hydrogens (tertiary/aromatic N) is 2. The van der Waals surface area contributed by atoms with Crippen LogP contribution in [-0.4, -0.2) is 29.1 Å². The number of rotatable bonds is 2. The molecule has 1 unspecified atom stereocenters. The number of hydrogen-bond acceptors (Lipinski definition) is 3. The zero-order valence-corrected chi connectivity index (χ0v) is 18.3. The molecule has 5 nitrogen and oxygen atoms in total. The third-order valence-corrected chi connectivity index (χ3v) is 6.66. The number of primary amides is 1. The molecule has 0 radical (unpaired) electrons. The Labute approximate surface area is 182 Å². The van der Waals surface area contributed by atoms with Crippen molar-refractivity contribution in [2.75, 3.05) is 13.1 Å². The molecule has 2 aliphatic rings. The van der Waals surface area contributed by atoms with Crippen molar-refractivity contribution in [1.29, 1.82) is 0 Å². The molecule has 2 aromatic rings. The predicted molar refractivity (Wildman–Crippen MR) is 115 cm³/mol. The third-order valence-electron chi connectivity index (χ3n) is 5.70. The molecule has 4 rings (SSSR count). The standard InChI is InChI=1S/C20H21BrCl2N4O/c21-14-7-13-2-1-12-8-15(22)9-16(23)17(12)18(19(13)25-10-14)11-3-5-27(6-4-11)26-20(24)28/h7-11,18H,1-6H2,(H3,24,26,28). The first kappa shape index (κ1) is 20.0. The summed E-state index contributed by atoms with van der Waals surface area (Å²) in [6, 6.07) is 5.52. The highest BCUT2D eigenvalue weighted by atomic mass is 79.9. The minimum absolute atomic E-state index is 0.112. The van der Waals surface area contributed by atoms with Crippen LogP contribution in [0, 0.1) is 5.92 Å². The molecule has 8 heteroatoms. The summed E-state index contributed by atoms with van der Waals surface area (Å²) in [5.41, 5.74) is 12.7. The molecule has 1 saturated heterocycles. The highest BCUT2D eigenvalue weighted by Gasteiger charge is 2.35. The topological polar surface area (TPSA) is 71.2 Å². The molecular weight excluding hydrogens is 463 g/mol. The van der Waals surface area contributed by atoms with Crippen molar-refractivity contribution in [2.45, 2.75) is 31.6 Å². The molecule has 28 heavy (non-hydrogen) atoms. The number of piperidine rings is 1. The molecule has 0 saturated carbocycles. The van der Waals surface area contributed by atoms with Gasteiger partial charge in [-0.25, -0.2) is 9.80 Å². The third kappa shape index (κ3) is 4.01. The van der Waals surface area contributed by atoms with Crippen molar-refractivity contribution < 1.29 is 4.79 Å². The van der Waals surface area contributed by atoms with Crippen molar-refractivity contribution in [3.63, 3.8) is 0 Å². The molecule has 1 aromatic heterocycles. The Morgan fingerprint density at radius 2 is 1.89 bits per heavy atom. The summed E-state index contributed by atoms with van der Waals surface area (Å²) in [7, 11) is 0.